The monoisotopic (exact) mass is 540 g/mol. The normalized spacial score (nSPS) is 16.4. The Bertz CT molecular complexity index is 1490. The van der Waals surface area contributed by atoms with Crippen LogP contribution in [0, 0.1) is 12.7 Å². The number of aromatic nitrogens is 3. The summed E-state index contributed by atoms with van der Waals surface area (Å²) >= 11 is 0. The van der Waals surface area contributed by atoms with Gasteiger partial charge < -0.3 is 14.2 Å². The van der Waals surface area contributed by atoms with E-state index < -0.39 is 33.2 Å². The lowest BCUT2D eigenvalue weighted by molar-refractivity contribution is -0.0500. The molecule has 196 valence electrons. The zero-order chi connectivity index (χ0) is 27.0. The number of aryl methyl sites for hydroxylation is 1. The molecule has 0 radical (unpaired) electrons. The second-order valence-electron chi connectivity index (χ2n) is 8.15. The molecule has 0 fully saturated rings. The number of nitrogens with zero attached hydrogens (tertiary/aromatic N) is 4. The molecule has 0 spiro atoms. The van der Waals surface area contributed by atoms with Crippen LogP contribution in [0.1, 0.15) is 17.0 Å². The number of halogens is 4. The molecule has 1 N–H and O–H groups in total. The molecule has 1 unspecified atom stereocenters. The van der Waals surface area contributed by atoms with Crippen molar-refractivity contribution < 1.29 is 35.3 Å². The Hall–Kier alpha value is -3.78. The minimum atomic E-state index is -5.79. The SMILES string of the molecule is Cc1nc(N2CC=C(c3ccc(F)cc3)C(O)C2)nc(=O)n1Cc1ccc(OS(=O)(=O)C(F)(F)F)cc1. The van der Waals surface area contributed by atoms with E-state index in [9.17, 15) is 35.9 Å². The summed E-state index contributed by atoms with van der Waals surface area (Å²) in [5.41, 5.74) is -4.45. The molecular weight excluding hydrogens is 520 g/mol. The summed E-state index contributed by atoms with van der Waals surface area (Å²) in [7, 11) is -5.79. The van der Waals surface area contributed by atoms with Gasteiger partial charge in [-0.3, -0.25) is 4.57 Å². The van der Waals surface area contributed by atoms with Gasteiger partial charge in [-0.1, -0.05) is 30.3 Å². The fourth-order valence-corrected chi connectivity index (χ4v) is 4.15. The highest BCUT2D eigenvalue weighted by Gasteiger charge is 2.48. The van der Waals surface area contributed by atoms with E-state index in [0.717, 1.165) is 12.1 Å². The van der Waals surface area contributed by atoms with Gasteiger partial charge in [-0.15, -0.1) is 0 Å². The molecule has 2 heterocycles. The Morgan fingerprint density at radius 1 is 1.08 bits per heavy atom. The number of aliphatic hydroxyl groups is 1. The molecule has 1 aliphatic heterocycles. The lowest BCUT2D eigenvalue weighted by Crippen LogP contribution is -2.40. The Balaban J connectivity index is 1.48. The molecule has 37 heavy (non-hydrogen) atoms. The highest BCUT2D eigenvalue weighted by Crippen LogP contribution is 2.27. The van der Waals surface area contributed by atoms with Gasteiger partial charge in [0.2, 0.25) is 5.95 Å². The number of alkyl halides is 3. The first-order valence-corrected chi connectivity index (χ1v) is 12.2. The van der Waals surface area contributed by atoms with Crippen LogP contribution in [0.3, 0.4) is 0 Å². The Kier molecular flexibility index (Phi) is 7.06. The highest BCUT2D eigenvalue weighted by molar-refractivity contribution is 7.88. The van der Waals surface area contributed by atoms with Gasteiger partial charge in [-0.05, 0) is 47.9 Å². The van der Waals surface area contributed by atoms with Crippen LogP contribution in [0.2, 0.25) is 0 Å². The second kappa shape index (κ2) is 9.94. The van der Waals surface area contributed by atoms with Crippen molar-refractivity contribution in [2.24, 2.45) is 0 Å². The van der Waals surface area contributed by atoms with Gasteiger partial charge >= 0.3 is 21.3 Å². The predicted octanol–water partition coefficient (Wildman–Crippen LogP) is 2.63. The van der Waals surface area contributed by atoms with Crippen molar-refractivity contribution in [3.8, 4) is 5.75 Å². The van der Waals surface area contributed by atoms with E-state index in [4.69, 9.17) is 0 Å². The van der Waals surface area contributed by atoms with Crippen LogP contribution in [-0.2, 0) is 16.7 Å². The van der Waals surface area contributed by atoms with Crippen LogP contribution in [0.5, 0.6) is 5.75 Å². The molecule has 1 atom stereocenters. The van der Waals surface area contributed by atoms with E-state index in [0.29, 0.717) is 23.2 Å². The molecule has 1 aliphatic rings. The molecular formula is C23H20F4N4O5S. The fourth-order valence-electron chi connectivity index (χ4n) is 3.69. The maximum Gasteiger partial charge on any atom is 0.534 e. The third-order valence-electron chi connectivity index (χ3n) is 5.58. The Morgan fingerprint density at radius 2 is 1.73 bits per heavy atom. The van der Waals surface area contributed by atoms with E-state index in [1.165, 1.54) is 28.8 Å². The molecule has 0 aliphatic carbocycles. The number of rotatable bonds is 6. The van der Waals surface area contributed by atoms with Gasteiger partial charge in [0.15, 0.2) is 0 Å². The molecule has 1 aromatic heterocycles. The topological polar surface area (TPSA) is 115 Å². The summed E-state index contributed by atoms with van der Waals surface area (Å²) in [4.78, 5) is 22.7. The van der Waals surface area contributed by atoms with Gasteiger partial charge in [0.25, 0.3) is 0 Å². The predicted molar refractivity (Wildman–Crippen MR) is 125 cm³/mol. The maximum atomic E-state index is 13.2. The van der Waals surface area contributed by atoms with Crippen LogP contribution in [0.25, 0.3) is 5.57 Å². The molecule has 3 aromatic rings. The minimum Gasteiger partial charge on any atom is -0.387 e. The summed E-state index contributed by atoms with van der Waals surface area (Å²) in [5, 5.41) is 10.6. The number of hydrogen-bond donors (Lipinski definition) is 1. The number of anilines is 1. The first kappa shape index (κ1) is 26.3. The first-order chi connectivity index (χ1) is 17.3. The maximum absolute atomic E-state index is 13.2. The summed E-state index contributed by atoms with van der Waals surface area (Å²) < 4.78 is 78.2. The number of benzene rings is 2. The van der Waals surface area contributed by atoms with Gasteiger partial charge in [0.05, 0.1) is 19.2 Å². The zero-order valence-corrected chi connectivity index (χ0v) is 20.0. The summed E-state index contributed by atoms with van der Waals surface area (Å²) in [6.45, 7) is 1.94. The molecule has 0 saturated carbocycles. The number of aliphatic hydroxyl groups excluding tert-OH is 1. The molecule has 0 saturated heterocycles. The van der Waals surface area contributed by atoms with Crippen LogP contribution >= 0.6 is 0 Å². The standard InChI is InChI=1S/C23H20F4N4O5S/c1-14-28-21(30-11-10-19(20(32)13-30)16-4-6-17(24)7-5-16)29-22(33)31(14)12-15-2-8-18(9-3-15)36-37(34,35)23(25,26)27/h2-10,20,32H,11-13H2,1H3. The van der Waals surface area contributed by atoms with Crippen LogP contribution in [0.4, 0.5) is 23.5 Å². The van der Waals surface area contributed by atoms with E-state index >= 15 is 0 Å². The average molecular weight is 540 g/mol. The fraction of sp³-hybridized carbons (Fsp3) is 0.261. The second-order valence-corrected chi connectivity index (χ2v) is 9.69. The number of hydrogen-bond acceptors (Lipinski definition) is 8. The van der Waals surface area contributed by atoms with Crippen molar-refractivity contribution >= 4 is 21.6 Å². The lowest BCUT2D eigenvalue weighted by atomic mass is 9.97. The largest absolute Gasteiger partial charge is 0.534 e. The Labute approximate surface area is 208 Å². The van der Waals surface area contributed by atoms with Crippen molar-refractivity contribution in [1.29, 1.82) is 0 Å². The third kappa shape index (κ3) is 5.80. The van der Waals surface area contributed by atoms with Crippen molar-refractivity contribution in [2.75, 3.05) is 18.0 Å². The lowest BCUT2D eigenvalue weighted by Gasteiger charge is -2.30. The molecule has 14 heteroatoms. The molecule has 4 rings (SSSR count). The van der Waals surface area contributed by atoms with E-state index in [-0.39, 0.29) is 30.7 Å². The van der Waals surface area contributed by atoms with Crippen molar-refractivity contribution in [3.63, 3.8) is 0 Å². The van der Waals surface area contributed by atoms with Gasteiger partial charge in [-0.25, -0.2) is 9.18 Å². The summed E-state index contributed by atoms with van der Waals surface area (Å²) in [6.07, 6.45) is 0.821. The van der Waals surface area contributed by atoms with E-state index in [1.807, 2.05) is 0 Å². The Morgan fingerprint density at radius 3 is 2.30 bits per heavy atom. The van der Waals surface area contributed by atoms with Gasteiger partial charge in [0.1, 0.15) is 17.4 Å². The van der Waals surface area contributed by atoms with Crippen molar-refractivity contribution in [1.82, 2.24) is 14.5 Å². The zero-order valence-electron chi connectivity index (χ0n) is 19.2. The third-order valence-corrected chi connectivity index (χ3v) is 6.56. The molecule has 0 bridgehead atoms. The molecule has 0 amide bonds. The summed E-state index contributed by atoms with van der Waals surface area (Å²) in [6, 6.07) is 10.4. The highest BCUT2D eigenvalue weighted by atomic mass is 32.2. The van der Waals surface area contributed by atoms with Crippen LogP contribution in [-0.4, -0.2) is 52.8 Å². The smallest absolute Gasteiger partial charge is 0.387 e. The minimum absolute atomic E-state index is 0.0332. The van der Waals surface area contributed by atoms with Crippen LogP contribution < -0.4 is 14.8 Å². The summed E-state index contributed by atoms with van der Waals surface area (Å²) in [5.74, 6) is -0.529. The van der Waals surface area contributed by atoms with Gasteiger partial charge in [-0.2, -0.15) is 31.6 Å². The van der Waals surface area contributed by atoms with Gasteiger partial charge in [0, 0.05) is 6.54 Å². The van der Waals surface area contributed by atoms with E-state index in [1.54, 1.807) is 30.0 Å². The first-order valence-electron chi connectivity index (χ1n) is 10.8. The van der Waals surface area contributed by atoms with Crippen LogP contribution in [0.15, 0.2) is 59.4 Å². The molecule has 2 aromatic carbocycles. The van der Waals surface area contributed by atoms with Crippen molar-refractivity contribution in [2.45, 2.75) is 25.1 Å². The molecule has 9 nitrogen and oxygen atoms in total. The number of β-amino-alcohol motifs (C(OH)–C–C–N with tert-alkyl or cyclic N) is 1. The quantitative estimate of drug-likeness (QED) is 0.288. The van der Waals surface area contributed by atoms with E-state index in [2.05, 4.69) is 14.2 Å². The average Bonchev–Trinajstić information content (AvgIpc) is 2.82. The van der Waals surface area contributed by atoms with Crippen molar-refractivity contribution in [3.05, 3.63) is 87.9 Å².